The first kappa shape index (κ1) is 12.8. The minimum atomic E-state index is 0.255. The summed E-state index contributed by atoms with van der Waals surface area (Å²) >= 11 is 2.51. The van der Waals surface area contributed by atoms with Crippen molar-refractivity contribution in [3.05, 3.63) is 29.8 Å². The number of halogens is 1. The summed E-state index contributed by atoms with van der Waals surface area (Å²) in [7, 11) is 0. The molecule has 1 N–H and O–H groups in total. The molecule has 15 heavy (non-hydrogen) atoms. The summed E-state index contributed by atoms with van der Waals surface area (Å²) in [6.45, 7) is 6.75. The molecule has 0 bridgehead atoms. The van der Waals surface area contributed by atoms with Crippen LogP contribution in [0.15, 0.2) is 24.3 Å². The Labute approximate surface area is 106 Å². The Hall–Kier alpha value is -0.250. The van der Waals surface area contributed by atoms with Gasteiger partial charge in [0.25, 0.3) is 0 Å². The van der Waals surface area contributed by atoms with Crippen molar-refractivity contribution in [2.24, 2.45) is 0 Å². The molecule has 0 amide bonds. The van der Waals surface area contributed by atoms with Crippen LogP contribution in [0, 0.1) is 0 Å². The molecule has 2 heteroatoms. The van der Waals surface area contributed by atoms with Crippen LogP contribution in [0.1, 0.15) is 45.1 Å². The van der Waals surface area contributed by atoms with E-state index in [1.807, 2.05) is 12.1 Å². The van der Waals surface area contributed by atoms with Crippen LogP contribution in [0.5, 0.6) is 5.75 Å². The predicted molar refractivity (Wildman–Crippen MR) is 73.9 cm³/mol. The Kier molecular flexibility index (Phi) is 4.44. The first-order chi connectivity index (χ1) is 6.95. The van der Waals surface area contributed by atoms with Crippen molar-refractivity contribution in [3.63, 3.8) is 0 Å². The number of aromatic hydroxyl groups is 1. The highest BCUT2D eigenvalue weighted by Crippen LogP contribution is 2.39. The second kappa shape index (κ2) is 5.19. The number of benzene rings is 1. The molecule has 1 aromatic rings. The molecular weight excluding hydrogens is 299 g/mol. The Morgan fingerprint density at radius 2 is 1.80 bits per heavy atom. The van der Waals surface area contributed by atoms with Crippen molar-refractivity contribution in [1.29, 1.82) is 0 Å². The first-order valence-corrected chi connectivity index (χ1v) is 6.51. The van der Waals surface area contributed by atoms with E-state index in [2.05, 4.69) is 43.4 Å². The highest BCUT2D eigenvalue weighted by molar-refractivity contribution is 14.1. The predicted octanol–water partition coefficient (Wildman–Crippen LogP) is 4.49. The lowest BCUT2D eigenvalue weighted by molar-refractivity contribution is 0.473. The lowest BCUT2D eigenvalue weighted by atomic mass is 9.85. The Morgan fingerprint density at radius 3 is 2.20 bits per heavy atom. The average Bonchev–Trinajstić information content (AvgIpc) is 2.14. The fourth-order valence-electron chi connectivity index (χ4n) is 1.90. The van der Waals surface area contributed by atoms with E-state index in [0.717, 1.165) is 0 Å². The van der Waals surface area contributed by atoms with Crippen molar-refractivity contribution in [1.82, 2.24) is 0 Å². The van der Waals surface area contributed by atoms with Gasteiger partial charge in [0.15, 0.2) is 0 Å². The van der Waals surface area contributed by atoms with Gasteiger partial charge in [-0.05, 0) is 30.0 Å². The van der Waals surface area contributed by atoms with E-state index in [1.165, 1.54) is 18.4 Å². The third kappa shape index (κ3) is 3.67. The molecule has 0 radical (unpaired) electrons. The number of phenolic OH excluding ortho intramolecular Hbond substituents is 1. The maximum absolute atomic E-state index is 9.27. The highest BCUT2D eigenvalue weighted by atomic mass is 127. The van der Waals surface area contributed by atoms with Gasteiger partial charge in [0.05, 0.1) is 0 Å². The lowest BCUT2D eigenvalue weighted by Crippen LogP contribution is -2.21. The van der Waals surface area contributed by atoms with Gasteiger partial charge in [0.2, 0.25) is 0 Å². The van der Waals surface area contributed by atoms with E-state index in [0.29, 0.717) is 11.7 Å². The second-order valence-electron chi connectivity index (χ2n) is 4.50. The fraction of sp³-hybridized carbons (Fsp3) is 0.538. The molecule has 0 aliphatic carbocycles. The van der Waals surface area contributed by atoms with Crippen molar-refractivity contribution >= 4 is 22.6 Å². The van der Waals surface area contributed by atoms with Gasteiger partial charge in [0, 0.05) is 3.42 Å². The lowest BCUT2D eigenvalue weighted by Gasteiger charge is -2.29. The first-order valence-electron chi connectivity index (χ1n) is 5.43. The summed E-state index contributed by atoms with van der Waals surface area (Å²) in [6, 6.07) is 7.63. The second-order valence-corrected chi connectivity index (χ2v) is 7.28. The van der Waals surface area contributed by atoms with Gasteiger partial charge in [-0.25, -0.2) is 0 Å². The topological polar surface area (TPSA) is 20.2 Å². The minimum Gasteiger partial charge on any atom is -0.508 e. The van der Waals surface area contributed by atoms with E-state index in [4.69, 9.17) is 0 Å². The minimum absolute atomic E-state index is 0.255. The van der Waals surface area contributed by atoms with Crippen LogP contribution >= 0.6 is 22.6 Å². The molecule has 0 aliphatic rings. The molecule has 1 atom stereocenters. The molecule has 1 aromatic carbocycles. The zero-order chi connectivity index (χ0) is 11.5. The molecule has 1 unspecified atom stereocenters. The van der Waals surface area contributed by atoms with Gasteiger partial charge in [-0.15, -0.1) is 0 Å². The monoisotopic (exact) mass is 318 g/mol. The van der Waals surface area contributed by atoms with Gasteiger partial charge in [-0.2, -0.15) is 0 Å². The number of alkyl halides is 1. The van der Waals surface area contributed by atoms with E-state index in [1.54, 1.807) is 12.1 Å². The number of phenols is 1. The summed E-state index contributed by atoms with van der Waals surface area (Å²) < 4.78 is 0.255. The normalized spacial score (nSPS) is 13.9. The van der Waals surface area contributed by atoms with Gasteiger partial charge in [0.1, 0.15) is 5.75 Å². The third-order valence-electron chi connectivity index (χ3n) is 2.70. The molecule has 0 aliphatic heterocycles. The Morgan fingerprint density at radius 1 is 1.27 bits per heavy atom. The molecule has 0 spiro atoms. The third-order valence-corrected chi connectivity index (χ3v) is 3.45. The molecule has 0 fully saturated rings. The van der Waals surface area contributed by atoms with Crippen molar-refractivity contribution in [3.8, 4) is 5.75 Å². The number of hydrogen-bond acceptors (Lipinski definition) is 1. The van der Waals surface area contributed by atoms with Gasteiger partial charge < -0.3 is 5.11 Å². The highest BCUT2D eigenvalue weighted by Gasteiger charge is 2.26. The van der Waals surface area contributed by atoms with E-state index in [9.17, 15) is 5.11 Å². The van der Waals surface area contributed by atoms with Gasteiger partial charge >= 0.3 is 0 Å². The van der Waals surface area contributed by atoms with Crippen LogP contribution in [-0.4, -0.2) is 8.53 Å². The summed E-state index contributed by atoms with van der Waals surface area (Å²) in [5.41, 5.74) is 1.33. The molecule has 1 nitrogen and oxygen atoms in total. The average molecular weight is 318 g/mol. The smallest absolute Gasteiger partial charge is 0.115 e. The van der Waals surface area contributed by atoms with Crippen LogP contribution in [-0.2, 0) is 0 Å². The molecule has 0 saturated heterocycles. The van der Waals surface area contributed by atoms with Crippen LogP contribution < -0.4 is 0 Å². The molecule has 1 rings (SSSR count). The maximum atomic E-state index is 9.27. The fourth-order valence-corrected chi connectivity index (χ4v) is 2.57. The van der Waals surface area contributed by atoms with Crippen LogP contribution in [0.25, 0.3) is 0 Å². The summed E-state index contributed by atoms with van der Waals surface area (Å²) in [5, 5.41) is 9.27. The van der Waals surface area contributed by atoms with E-state index >= 15 is 0 Å². The van der Waals surface area contributed by atoms with Crippen molar-refractivity contribution in [2.75, 3.05) is 0 Å². The van der Waals surface area contributed by atoms with Crippen molar-refractivity contribution < 1.29 is 5.11 Å². The Balaban J connectivity index is 2.94. The van der Waals surface area contributed by atoms with Crippen molar-refractivity contribution in [2.45, 2.75) is 43.0 Å². The molecule has 0 aromatic heterocycles. The Bertz CT molecular complexity index is 297. The summed E-state index contributed by atoms with van der Waals surface area (Å²) in [5.74, 6) is 0.906. The summed E-state index contributed by atoms with van der Waals surface area (Å²) in [4.78, 5) is 0. The molecule has 0 saturated carbocycles. The van der Waals surface area contributed by atoms with E-state index in [-0.39, 0.29) is 3.42 Å². The molecule has 84 valence electrons. The zero-order valence-corrected chi connectivity index (χ0v) is 11.8. The van der Waals surface area contributed by atoms with E-state index < -0.39 is 0 Å². The van der Waals surface area contributed by atoms with Crippen LogP contribution in [0.3, 0.4) is 0 Å². The molecular formula is C13H19IO. The number of hydrogen-bond donors (Lipinski definition) is 1. The van der Waals surface area contributed by atoms with Crippen LogP contribution in [0.4, 0.5) is 0 Å². The van der Waals surface area contributed by atoms with Gasteiger partial charge in [-0.1, -0.05) is 61.9 Å². The number of rotatable bonds is 4. The maximum Gasteiger partial charge on any atom is 0.115 e. The summed E-state index contributed by atoms with van der Waals surface area (Å²) in [6.07, 6.45) is 2.39. The van der Waals surface area contributed by atoms with Crippen LogP contribution in [0.2, 0.25) is 0 Å². The largest absolute Gasteiger partial charge is 0.508 e. The van der Waals surface area contributed by atoms with Gasteiger partial charge in [-0.3, -0.25) is 0 Å². The SMILES string of the molecule is CCCC(c1ccc(O)cc1)C(C)(C)I. The molecule has 0 heterocycles. The standard InChI is InChI=1S/C13H19IO/c1-4-5-12(13(2,3)14)10-6-8-11(15)9-7-10/h6-9,12,15H,4-5H2,1-3H3. The quantitative estimate of drug-likeness (QED) is 0.640. The zero-order valence-electron chi connectivity index (χ0n) is 9.63.